The normalized spacial score (nSPS) is 11.5. The highest BCUT2D eigenvalue weighted by Gasteiger charge is 2.21. The van der Waals surface area contributed by atoms with Crippen LogP contribution in [0, 0.1) is 11.6 Å². The summed E-state index contributed by atoms with van der Waals surface area (Å²) < 4.78 is 31.0. The largest absolute Gasteiger partial charge is 0.382 e. The SMILES string of the molecule is CC(C)n1cnc(-c2cn(-c3c(F)cccc3F)c(=O)c3c(N)n[nH]c23)cc1=O. The molecule has 0 fully saturated rings. The molecule has 0 saturated heterocycles. The van der Waals surface area contributed by atoms with Gasteiger partial charge in [-0.3, -0.25) is 23.8 Å². The molecule has 3 heterocycles. The number of aromatic nitrogens is 5. The minimum absolute atomic E-state index is 0.0556. The topological polar surface area (TPSA) is 112 Å². The van der Waals surface area contributed by atoms with Gasteiger partial charge < -0.3 is 5.73 Å². The van der Waals surface area contributed by atoms with E-state index < -0.39 is 22.9 Å². The summed E-state index contributed by atoms with van der Waals surface area (Å²) in [6, 6.07) is 4.44. The summed E-state index contributed by atoms with van der Waals surface area (Å²) >= 11 is 0. The summed E-state index contributed by atoms with van der Waals surface area (Å²) in [7, 11) is 0. The average Bonchev–Trinajstić information content (AvgIpc) is 3.05. The van der Waals surface area contributed by atoms with Crippen LogP contribution in [-0.2, 0) is 0 Å². The van der Waals surface area contributed by atoms with Crippen molar-refractivity contribution in [3.05, 3.63) is 69.1 Å². The number of benzene rings is 1. The van der Waals surface area contributed by atoms with E-state index in [0.717, 1.165) is 16.7 Å². The number of aromatic amines is 1. The van der Waals surface area contributed by atoms with E-state index in [-0.39, 0.29) is 39.6 Å². The molecule has 0 aliphatic heterocycles. The number of rotatable bonds is 3. The number of anilines is 1. The van der Waals surface area contributed by atoms with E-state index >= 15 is 0 Å². The lowest BCUT2D eigenvalue weighted by Crippen LogP contribution is -2.23. The zero-order valence-corrected chi connectivity index (χ0v) is 15.5. The molecule has 4 rings (SSSR count). The van der Waals surface area contributed by atoms with Crippen LogP contribution in [0.4, 0.5) is 14.6 Å². The summed E-state index contributed by atoms with van der Waals surface area (Å²) in [5.74, 6) is -1.99. The quantitative estimate of drug-likeness (QED) is 0.550. The number of nitrogen functional groups attached to an aromatic ring is 1. The van der Waals surface area contributed by atoms with Crippen LogP contribution < -0.4 is 16.9 Å². The lowest BCUT2D eigenvalue weighted by atomic mass is 10.1. The second kappa shape index (κ2) is 6.66. The van der Waals surface area contributed by atoms with Crippen LogP contribution >= 0.6 is 0 Å². The first kappa shape index (κ1) is 18.5. The van der Waals surface area contributed by atoms with Crippen molar-refractivity contribution in [3.63, 3.8) is 0 Å². The van der Waals surface area contributed by atoms with Gasteiger partial charge in [-0.2, -0.15) is 5.10 Å². The molecule has 0 amide bonds. The fourth-order valence-corrected chi connectivity index (χ4v) is 3.16. The summed E-state index contributed by atoms with van der Waals surface area (Å²) in [6.07, 6.45) is 2.58. The van der Waals surface area contributed by atoms with Gasteiger partial charge in [0.1, 0.15) is 22.7 Å². The van der Waals surface area contributed by atoms with E-state index in [1.165, 1.54) is 29.2 Å². The molecular formula is C19H16F2N6O2. The zero-order chi connectivity index (χ0) is 20.9. The van der Waals surface area contributed by atoms with E-state index in [9.17, 15) is 18.4 Å². The molecule has 0 bridgehead atoms. The van der Waals surface area contributed by atoms with Crippen LogP contribution in [0.1, 0.15) is 19.9 Å². The first-order chi connectivity index (χ1) is 13.8. The first-order valence-corrected chi connectivity index (χ1v) is 8.71. The molecule has 0 saturated carbocycles. The number of nitrogens with zero attached hydrogens (tertiary/aromatic N) is 4. The number of H-pyrrole nitrogens is 1. The van der Waals surface area contributed by atoms with Gasteiger partial charge >= 0.3 is 0 Å². The minimum atomic E-state index is -0.928. The number of nitrogens with two attached hydrogens (primary N) is 1. The van der Waals surface area contributed by atoms with Crippen LogP contribution in [0.25, 0.3) is 27.8 Å². The lowest BCUT2D eigenvalue weighted by molar-refractivity contribution is 0.566. The molecule has 148 valence electrons. The predicted molar refractivity (Wildman–Crippen MR) is 104 cm³/mol. The number of hydrogen-bond acceptors (Lipinski definition) is 5. The molecule has 0 unspecified atom stereocenters. The minimum Gasteiger partial charge on any atom is -0.382 e. The average molecular weight is 398 g/mol. The summed E-state index contributed by atoms with van der Waals surface area (Å²) in [5.41, 5.74) is 4.85. The Labute approximate surface area is 162 Å². The van der Waals surface area contributed by atoms with E-state index in [1.54, 1.807) is 0 Å². The number of halogens is 2. The van der Waals surface area contributed by atoms with E-state index in [4.69, 9.17) is 5.73 Å². The van der Waals surface area contributed by atoms with Gasteiger partial charge in [0.2, 0.25) is 0 Å². The molecule has 0 atom stereocenters. The van der Waals surface area contributed by atoms with E-state index in [0.29, 0.717) is 0 Å². The number of para-hydroxylation sites is 1. The summed E-state index contributed by atoms with van der Waals surface area (Å²) in [4.78, 5) is 29.6. The highest BCUT2D eigenvalue weighted by Crippen LogP contribution is 2.27. The van der Waals surface area contributed by atoms with Crippen LogP contribution in [0.3, 0.4) is 0 Å². The van der Waals surface area contributed by atoms with E-state index in [2.05, 4.69) is 15.2 Å². The second-order valence-corrected chi connectivity index (χ2v) is 6.76. The molecule has 8 nitrogen and oxygen atoms in total. The molecule has 29 heavy (non-hydrogen) atoms. The van der Waals surface area contributed by atoms with Crippen molar-refractivity contribution in [2.45, 2.75) is 19.9 Å². The smallest absolute Gasteiger partial charge is 0.268 e. The maximum atomic E-state index is 14.4. The van der Waals surface area contributed by atoms with Crippen molar-refractivity contribution >= 4 is 16.7 Å². The van der Waals surface area contributed by atoms with Crippen LogP contribution in [-0.4, -0.2) is 24.3 Å². The second-order valence-electron chi connectivity index (χ2n) is 6.76. The molecule has 0 aliphatic carbocycles. The zero-order valence-electron chi connectivity index (χ0n) is 15.5. The Kier molecular flexibility index (Phi) is 4.26. The van der Waals surface area contributed by atoms with Crippen molar-refractivity contribution in [1.82, 2.24) is 24.3 Å². The fraction of sp³-hybridized carbons (Fsp3) is 0.158. The maximum absolute atomic E-state index is 14.4. The molecule has 0 aliphatic rings. The van der Waals surface area contributed by atoms with Crippen molar-refractivity contribution in [2.75, 3.05) is 5.73 Å². The van der Waals surface area contributed by atoms with Crippen molar-refractivity contribution in [2.24, 2.45) is 0 Å². The Morgan fingerprint density at radius 2 is 1.86 bits per heavy atom. The predicted octanol–water partition coefficient (Wildman–Crippen LogP) is 2.38. The van der Waals surface area contributed by atoms with E-state index in [1.807, 2.05) is 13.8 Å². The standard InChI is InChI=1S/C19H16F2N6O2/c1-9(2)27-8-23-13(6-14(27)28)10-7-26(17-11(20)4-3-5-12(17)21)19(29)15-16(10)24-25-18(15)22/h3-9H,1-2H3,(H3,22,24,25). The molecule has 4 aromatic rings. The van der Waals surface area contributed by atoms with Crippen LogP contribution in [0.5, 0.6) is 0 Å². The monoisotopic (exact) mass is 398 g/mol. The van der Waals surface area contributed by atoms with Gasteiger partial charge in [-0.15, -0.1) is 0 Å². The number of nitrogens with one attached hydrogen (secondary N) is 1. The van der Waals surface area contributed by atoms with Crippen LogP contribution in [0.2, 0.25) is 0 Å². The lowest BCUT2D eigenvalue weighted by Gasteiger charge is -2.13. The Hall–Kier alpha value is -3.82. The van der Waals surface area contributed by atoms with Crippen molar-refractivity contribution in [1.29, 1.82) is 0 Å². The molecule has 0 spiro atoms. The Morgan fingerprint density at radius 3 is 2.48 bits per heavy atom. The maximum Gasteiger partial charge on any atom is 0.268 e. The van der Waals surface area contributed by atoms with Crippen molar-refractivity contribution < 1.29 is 8.78 Å². The first-order valence-electron chi connectivity index (χ1n) is 8.71. The number of fused-ring (bicyclic) bond motifs is 1. The molecular weight excluding hydrogens is 382 g/mol. The summed E-state index contributed by atoms with van der Waals surface area (Å²) in [6.45, 7) is 3.66. The Morgan fingerprint density at radius 1 is 1.17 bits per heavy atom. The molecule has 3 N–H and O–H groups in total. The van der Waals surface area contributed by atoms with Gasteiger partial charge in [-0.25, -0.2) is 13.8 Å². The summed E-state index contributed by atoms with van der Waals surface area (Å²) in [5, 5.41) is 6.41. The van der Waals surface area contributed by atoms with Gasteiger partial charge in [0.25, 0.3) is 11.1 Å². The fourth-order valence-electron chi connectivity index (χ4n) is 3.16. The molecule has 10 heteroatoms. The number of pyridine rings is 1. The van der Waals surface area contributed by atoms with Crippen LogP contribution in [0.15, 0.2) is 46.4 Å². The molecule has 1 aromatic carbocycles. The highest BCUT2D eigenvalue weighted by molar-refractivity contribution is 5.97. The Balaban J connectivity index is 2.09. The van der Waals surface area contributed by atoms with Gasteiger partial charge in [0, 0.05) is 23.9 Å². The van der Waals surface area contributed by atoms with Gasteiger partial charge in [0.15, 0.2) is 5.82 Å². The van der Waals surface area contributed by atoms with Gasteiger partial charge in [-0.1, -0.05) is 6.07 Å². The number of hydrogen-bond donors (Lipinski definition) is 2. The van der Waals surface area contributed by atoms with Gasteiger partial charge in [-0.05, 0) is 26.0 Å². The van der Waals surface area contributed by atoms with Gasteiger partial charge in [0.05, 0.1) is 17.5 Å². The third-order valence-electron chi connectivity index (χ3n) is 4.60. The van der Waals surface area contributed by atoms with Crippen molar-refractivity contribution in [3.8, 4) is 16.9 Å². The third-order valence-corrected chi connectivity index (χ3v) is 4.60. The highest BCUT2D eigenvalue weighted by atomic mass is 19.1. The molecule has 3 aromatic heterocycles. The third kappa shape index (κ3) is 2.89. The Bertz CT molecular complexity index is 1350. The molecule has 0 radical (unpaired) electrons.